The molecule has 0 aliphatic heterocycles. The molecular formula is C13H15BrO3. The summed E-state index contributed by atoms with van der Waals surface area (Å²) in [7, 11) is 3.31. The van der Waals surface area contributed by atoms with Crippen molar-refractivity contribution in [2.24, 2.45) is 0 Å². The Bertz CT molecular complexity index is 466. The summed E-state index contributed by atoms with van der Waals surface area (Å²) in [5.74, 6) is 1.66. The van der Waals surface area contributed by atoms with Gasteiger partial charge in [0.2, 0.25) is 0 Å². The maximum Gasteiger partial charge on any atom is 0.140 e. The second-order valence-electron chi connectivity index (χ2n) is 3.95. The van der Waals surface area contributed by atoms with Crippen LogP contribution in [0.4, 0.5) is 0 Å². The minimum Gasteiger partial charge on any atom is -0.496 e. The van der Waals surface area contributed by atoms with Gasteiger partial charge in [0.25, 0.3) is 0 Å². The fraction of sp³-hybridized carbons (Fsp3) is 0.385. The summed E-state index contributed by atoms with van der Waals surface area (Å²) in [4.78, 5) is 0. The number of methoxy groups -OCH3 is 2. The van der Waals surface area contributed by atoms with Crippen LogP contribution in [-0.2, 0) is 6.42 Å². The van der Waals surface area contributed by atoms with Gasteiger partial charge >= 0.3 is 0 Å². The van der Waals surface area contributed by atoms with Crippen molar-refractivity contribution >= 4 is 22.0 Å². The van der Waals surface area contributed by atoms with E-state index in [0.717, 1.165) is 45.5 Å². The fourth-order valence-electron chi connectivity index (χ4n) is 2.15. The van der Waals surface area contributed by atoms with Gasteiger partial charge in [0.05, 0.1) is 25.3 Å². The summed E-state index contributed by atoms with van der Waals surface area (Å²) in [5.41, 5.74) is 3.18. The van der Waals surface area contributed by atoms with Crippen molar-refractivity contribution in [2.45, 2.75) is 12.8 Å². The fourth-order valence-corrected chi connectivity index (χ4v) is 2.74. The second kappa shape index (κ2) is 5.10. The Morgan fingerprint density at radius 3 is 2.65 bits per heavy atom. The van der Waals surface area contributed by atoms with E-state index in [2.05, 4.69) is 15.9 Å². The molecule has 0 unspecified atom stereocenters. The lowest BCUT2D eigenvalue weighted by atomic mass is 9.91. The maximum absolute atomic E-state index is 9.22. The third-order valence-electron chi connectivity index (χ3n) is 3.01. The second-order valence-corrected chi connectivity index (χ2v) is 4.80. The summed E-state index contributed by atoms with van der Waals surface area (Å²) < 4.78 is 11.7. The van der Waals surface area contributed by atoms with Crippen molar-refractivity contribution in [3.8, 4) is 11.5 Å². The summed E-state index contributed by atoms with van der Waals surface area (Å²) in [6.07, 6.45) is 3.73. The molecular weight excluding hydrogens is 284 g/mol. The van der Waals surface area contributed by atoms with Gasteiger partial charge in [-0.15, -0.1) is 0 Å². The maximum atomic E-state index is 9.22. The van der Waals surface area contributed by atoms with E-state index in [1.54, 1.807) is 14.2 Å². The number of rotatable bonds is 3. The molecule has 0 saturated carbocycles. The molecule has 0 aromatic heterocycles. The van der Waals surface area contributed by atoms with Crippen molar-refractivity contribution in [2.75, 3.05) is 20.8 Å². The standard InChI is InChI=1S/C13H15BrO3/c1-16-12-6-11(14)13(17-2)10-5-8(7-15)3-4-9(10)12/h5-6,15H,3-4,7H2,1-2H3. The van der Waals surface area contributed by atoms with Gasteiger partial charge in [-0.05, 0) is 46.5 Å². The third-order valence-corrected chi connectivity index (χ3v) is 3.60. The molecule has 0 fully saturated rings. The highest BCUT2D eigenvalue weighted by molar-refractivity contribution is 9.10. The number of ether oxygens (including phenoxy) is 2. The quantitative estimate of drug-likeness (QED) is 0.932. The molecule has 0 spiro atoms. The van der Waals surface area contributed by atoms with E-state index < -0.39 is 0 Å². The van der Waals surface area contributed by atoms with Gasteiger partial charge in [0.1, 0.15) is 11.5 Å². The van der Waals surface area contributed by atoms with Gasteiger partial charge in [0, 0.05) is 11.1 Å². The molecule has 0 amide bonds. The molecule has 1 aromatic carbocycles. The van der Waals surface area contributed by atoms with Gasteiger partial charge in [0.15, 0.2) is 0 Å². The molecule has 0 saturated heterocycles. The molecule has 1 aliphatic carbocycles. The number of aliphatic hydroxyl groups is 1. The number of halogens is 1. The predicted octanol–water partition coefficient (Wildman–Crippen LogP) is 2.79. The number of hydrogen-bond acceptors (Lipinski definition) is 3. The smallest absolute Gasteiger partial charge is 0.140 e. The van der Waals surface area contributed by atoms with Crippen molar-refractivity contribution in [3.05, 3.63) is 27.2 Å². The first kappa shape index (κ1) is 12.5. The number of benzene rings is 1. The van der Waals surface area contributed by atoms with Crippen LogP contribution in [0, 0.1) is 0 Å². The van der Waals surface area contributed by atoms with Crippen molar-refractivity contribution < 1.29 is 14.6 Å². The summed E-state index contributed by atoms with van der Waals surface area (Å²) in [6, 6.07) is 1.93. The highest BCUT2D eigenvalue weighted by Gasteiger charge is 2.20. The molecule has 92 valence electrons. The van der Waals surface area contributed by atoms with Crippen molar-refractivity contribution in [1.82, 2.24) is 0 Å². The van der Waals surface area contributed by atoms with E-state index >= 15 is 0 Å². The van der Waals surface area contributed by atoms with E-state index in [-0.39, 0.29) is 6.61 Å². The van der Waals surface area contributed by atoms with Gasteiger partial charge in [-0.25, -0.2) is 0 Å². The monoisotopic (exact) mass is 298 g/mol. The molecule has 0 bridgehead atoms. The van der Waals surface area contributed by atoms with E-state index in [1.807, 2.05) is 12.1 Å². The molecule has 0 atom stereocenters. The topological polar surface area (TPSA) is 38.7 Å². The van der Waals surface area contributed by atoms with Gasteiger partial charge < -0.3 is 14.6 Å². The van der Waals surface area contributed by atoms with E-state index in [1.165, 1.54) is 0 Å². The minimum absolute atomic E-state index is 0.0947. The molecule has 0 radical (unpaired) electrons. The number of hydrogen-bond donors (Lipinski definition) is 1. The van der Waals surface area contributed by atoms with Gasteiger partial charge in [-0.1, -0.05) is 0 Å². The van der Waals surface area contributed by atoms with Crippen LogP contribution in [0.25, 0.3) is 6.08 Å². The lowest BCUT2D eigenvalue weighted by Gasteiger charge is -2.21. The zero-order chi connectivity index (χ0) is 12.4. The highest BCUT2D eigenvalue weighted by Crippen LogP contribution is 2.42. The minimum atomic E-state index is 0.0947. The number of aliphatic hydroxyl groups excluding tert-OH is 1. The van der Waals surface area contributed by atoms with Crippen LogP contribution < -0.4 is 9.47 Å². The molecule has 17 heavy (non-hydrogen) atoms. The van der Waals surface area contributed by atoms with Crippen molar-refractivity contribution in [3.63, 3.8) is 0 Å². The molecule has 0 heterocycles. The van der Waals surface area contributed by atoms with E-state index in [4.69, 9.17) is 9.47 Å². The van der Waals surface area contributed by atoms with Gasteiger partial charge in [-0.3, -0.25) is 0 Å². The molecule has 3 nitrogen and oxygen atoms in total. The Morgan fingerprint density at radius 2 is 2.06 bits per heavy atom. The van der Waals surface area contributed by atoms with Gasteiger partial charge in [-0.2, -0.15) is 0 Å². The normalized spacial score (nSPS) is 14.0. The van der Waals surface area contributed by atoms with Crippen LogP contribution in [0.15, 0.2) is 16.1 Å². The SMILES string of the molecule is COc1cc(Br)c(OC)c2c1CCC(CO)=C2. The van der Waals surface area contributed by atoms with Crippen LogP contribution in [0.3, 0.4) is 0 Å². The first-order valence-corrected chi connectivity index (χ1v) is 6.24. The van der Waals surface area contributed by atoms with E-state index in [9.17, 15) is 5.11 Å². The summed E-state index contributed by atoms with van der Waals surface area (Å²) in [6.45, 7) is 0.0947. The number of fused-ring (bicyclic) bond motifs is 1. The summed E-state index contributed by atoms with van der Waals surface area (Å²) in [5, 5.41) is 9.22. The van der Waals surface area contributed by atoms with Crippen LogP contribution >= 0.6 is 15.9 Å². The van der Waals surface area contributed by atoms with Crippen LogP contribution in [-0.4, -0.2) is 25.9 Å². The molecule has 1 aliphatic rings. The van der Waals surface area contributed by atoms with Crippen molar-refractivity contribution in [1.29, 1.82) is 0 Å². The van der Waals surface area contributed by atoms with E-state index in [0.29, 0.717) is 0 Å². The Kier molecular flexibility index (Phi) is 3.74. The van der Waals surface area contributed by atoms with Crippen LogP contribution in [0.2, 0.25) is 0 Å². The Hall–Kier alpha value is -1.00. The molecule has 2 rings (SSSR count). The Morgan fingerprint density at radius 1 is 1.29 bits per heavy atom. The average Bonchev–Trinajstić information content (AvgIpc) is 2.37. The lowest BCUT2D eigenvalue weighted by molar-refractivity contribution is 0.326. The zero-order valence-corrected chi connectivity index (χ0v) is 11.5. The van der Waals surface area contributed by atoms with Crippen LogP contribution in [0.5, 0.6) is 11.5 Å². The zero-order valence-electron chi connectivity index (χ0n) is 9.92. The van der Waals surface area contributed by atoms with Crippen LogP contribution in [0.1, 0.15) is 17.5 Å². The first-order chi connectivity index (χ1) is 8.21. The predicted molar refractivity (Wildman–Crippen MR) is 70.6 cm³/mol. The first-order valence-electron chi connectivity index (χ1n) is 5.45. The largest absolute Gasteiger partial charge is 0.496 e. The summed E-state index contributed by atoms with van der Waals surface area (Å²) >= 11 is 3.47. The average molecular weight is 299 g/mol. The molecule has 4 heteroatoms. The third kappa shape index (κ3) is 2.19. The lowest BCUT2D eigenvalue weighted by Crippen LogP contribution is -2.06. The Balaban J connectivity index is 2.64. The molecule has 1 aromatic rings. The highest BCUT2D eigenvalue weighted by atomic mass is 79.9. The Labute approximate surface area is 109 Å². The molecule has 1 N–H and O–H groups in total.